The average Bonchev–Trinajstić information content (AvgIpc) is 2.81. The van der Waals surface area contributed by atoms with Gasteiger partial charge in [-0.2, -0.15) is 5.26 Å². The lowest BCUT2D eigenvalue weighted by Gasteiger charge is -2.10. The van der Waals surface area contributed by atoms with Crippen LogP contribution in [0.15, 0.2) is 0 Å². The molecular weight excluding hydrogens is 150 g/mol. The van der Waals surface area contributed by atoms with Crippen molar-refractivity contribution in [1.82, 2.24) is 0 Å². The number of hydrogen-bond acceptors (Lipinski definition) is 2. The molecule has 0 bridgehead atoms. The van der Waals surface area contributed by atoms with Crippen molar-refractivity contribution in [3.63, 3.8) is 0 Å². The fourth-order valence-corrected chi connectivity index (χ4v) is 1.25. The molecule has 0 aromatic heterocycles. The molecule has 0 aliphatic heterocycles. The zero-order valence-corrected chi connectivity index (χ0v) is 7.81. The van der Waals surface area contributed by atoms with Crippen molar-refractivity contribution in [3.8, 4) is 6.07 Å². The third-order valence-corrected chi connectivity index (χ3v) is 2.46. The number of nitrogens with zero attached hydrogens (tertiary/aromatic N) is 1. The fourth-order valence-electron chi connectivity index (χ4n) is 1.25. The van der Waals surface area contributed by atoms with E-state index >= 15 is 0 Å². The molecule has 0 radical (unpaired) electrons. The van der Waals surface area contributed by atoms with Crippen molar-refractivity contribution >= 4 is 0 Å². The molecule has 68 valence electrons. The highest BCUT2D eigenvalue weighted by Gasteiger charge is 2.42. The number of hydrogen-bond donors (Lipinski definition) is 0. The Morgan fingerprint density at radius 3 is 2.75 bits per heavy atom. The van der Waals surface area contributed by atoms with E-state index in [1.807, 2.05) is 0 Å². The summed E-state index contributed by atoms with van der Waals surface area (Å²) < 4.78 is 5.50. The van der Waals surface area contributed by atoms with Gasteiger partial charge in [0.25, 0.3) is 0 Å². The van der Waals surface area contributed by atoms with Crippen molar-refractivity contribution in [2.75, 3.05) is 13.2 Å². The molecule has 2 nitrogen and oxygen atoms in total. The van der Waals surface area contributed by atoms with E-state index in [0.717, 1.165) is 19.6 Å². The van der Waals surface area contributed by atoms with Gasteiger partial charge in [-0.3, -0.25) is 0 Å². The summed E-state index contributed by atoms with van der Waals surface area (Å²) in [7, 11) is 0. The molecule has 0 unspecified atom stereocenters. The van der Waals surface area contributed by atoms with E-state index in [9.17, 15) is 0 Å². The summed E-state index contributed by atoms with van der Waals surface area (Å²) in [5.41, 5.74) is 0.266. The molecule has 0 aromatic carbocycles. The fraction of sp³-hybridized carbons (Fsp3) is 0.900. The van der Waals surface area contributed by atoms with Crippen LogP contribution in [0, 0.1) is 16.7 Å². The highest BCUT2D eigenvalue weighted by atomic mass is 16.5. The van der Waals surface area contributed by atoms with E-state index in [2.05, 4.69) is 13.0 Å². The summed E-state index contributed by atoms with van der Waals surface area (Å²) in [6.45, 7) is 3.83. The maximum atomic E-state index is 8.54. The smallest absolute Gasteiger partial charge is 0.0628 e. The molecule has 1 aliphatic rings. The number of unbranched alkanes of at least 4 members (excludes halogenated alkanes) is 1. The van der Waals surface area contributed by atoms with E-state index in [0.29, 0.717) is 6.42 Å². The van der Waals surface area contributed by atoms with Crippen LogP contribution in [0.25, 0.3) is 0 Å². The van der Waals surface area contributed by atoms with Gasteiger partial charge in [-0.15, -0.1) is 0 Å². The van der Waals surface area contributed by atoms with Crippen LogP contribution < -0.4 is 0 Å². The third-order valence-electron chi connectivity index (χ3n) is 2.46. The minimum absolute atomic E-state index is 0.266. The van der Waals surface area contributed by atoms with Crippen LogP contribution in [0.5, 0.6) is 0 Å². The van der Waals surface area contributed by atoms with Gasteiger partial charge < -0.3 is 4.74 Å². The molecule has 1 saturated carbocycles. The second kappa shape index (κ2) is 4.47. The van der Waals surface area contributed by atoms with E-state index < -0.39 is 0 Å². The van der Waals surface area contributed by atoms with E-state index in [-0.39, 0.29) is 5.41 Å². The third kappa shape index (κ3) is 2.83. The van der Waals surface area contributed by atoms with Gasteiger partial charge in [-0.25, -0.2) is 0 Å². The van der Waals surface area contributed by atoms with Crippen LogP contribution in [-0.2, 0) is 4.74 Å². The molecule has 12 heavy (non-hydrogen) atoms. The molecular formula is C10H17NO. The van der Waals surface area contributed by atoms with Crippen molar-refractivity contribution in [2.24, 2.45) is 5.41 Å². The van der Waals surface area contributed by atoms with Gasteiger partial charge in [0.15, 0.2) is 0 Å². The molecule has 0 atom stereocenters. The van der Waals surface area contributed by atoms with Gasteiger partial charge in [0.1, 0.15) is 0 Å². The van der Waals surface area contributed by atoms with Crippen molar-refractivity contribution < 1.29 is 4.74 Å². The number of nitriles is 1. The SMILES string of the molecule is CCCCOCC1(CC#N)CC1. The quantitative estimate of drug-likeness (QED) is 0.569. The Morgan fingerprint density at radius 2 is 2.25 bits per heavy atom. The molecule has 0 aromatic rings. The Balaban J connectivity index is 2.03. The first-order chi connectivity index (χ1) is 5.83. The van der Waals surface area contributed by atoms with E-state index in [1.54, 1.807) is 0 Å². The first kappa shape index (κ1) is 9.54. The topological polar surface area (TPSA) is 33.0 Å². The van der Waals surface area contributed by atoms with Gasteiger partial charge in [0, 0.05) is 18.4 Å². The van der Waals surface area contributed by atoms with Crippen LogP contribution in [0.2, 0.25) is 0 Å². The molecule has 0 amide bonds. The molecule has 0 N–H and O–H groups in total. The Morgan fingerprint density at radius 1 is 1.50 bits per heavy atom. The first-order valence-corrected chi connectivity index (χ1v) is 4.78. The van der Waals surface area contributed by atoms with E-state index in [1.165, 1.54) is 19.3 Å². The molecule has 0 spiro atoms. The maximum Gasteiger partial charge on any atom is 0.0628 e. The van der Waals surface area contributed by atoms with Gasteiger partial charge in [0.05, 0.1) is 12.7 Å². The second-order valence-corrected chi connectivity index (χ2v) is 3.74. The predicted molar refractivity (Wildman–Crippen MR) is 47.6 cm³/mol. The highest BCUT2D eigenvalue weighted by Crippen LogP contribution is 2.48. The second-order valence-electron chi connectivity index (χ2n) is 3.74. The van der Waals surface area contributed by atoms with E-state index in [4.69, 9.17) is 10.00 Å². The number of ether oxygens (including phenoxy) is 1. The zero-order chi connectivity index (χ0) is 8.86. The van der Waals surface area contributed by atoms with Gasteiger partial charge in [-0.05, 0) is 19.3 Å². The average molecular weight is 167 g/mol. The minimum Gasteiger partial charge on any atom is -0.381 e. The van der Waals surface area contributed by atoms with Crippen molar-refractivity contribution in [1.29, 1.82) is 5.26 Å². The molecule has 0 heterocycles. The largest absolute Gasteiger partial charge is 0.381 e. The molecule has 1 rings (SSSR count). The first-order valence-electron chi connectivity index (χ1n) is 4.78. The van der Waals surface area contributed by atoms with Crippen molar-refractivity contribution in [2.45, 2.75) is 39.0 Å². The summed E-state index contributed by atoms with van der Waals surface area (Å²) in [5, 5.41) is 8.54. The van der Waals surface area contributed by atoms with Gasteiger partial charge in [0.2, 0.25) is 0 Å². The summed E-state index contributed by atoms with van der Waals surface area (Å²) in [6, 6.07) is 2.23. The predicted octanol–water partition coefficient (Wildman–Crippen LogP) is 2.50. The lowest BCUT2D eigenvalue weighted by atomic mass is 10.1. The van der Waals surface area contributed by atoms with Crippen LogP contribution in [0.3, 0.4) is 0 Å². The Bertz CT molecular complexity index is 167. The van der Waals surface area contributed by atoms with Gasteiger partial charge >= 0.3 is 0 Å². The Kier molecular flexibility index (Phi) is 3.55. The summed E-state index contributed by atoms with van der Waals surface area (Å²) >= 11 is 0. The van der Waals surface area contributed by atoms with Crippen LogP contribution in [-0.4, -0.2) is 13.2 Å². The molecule has 2 heteroatoms. The van der Waals surface area contributed by atoms with Crippen LogP contribution in [0.4, 0.5) is 0 Å². The Labute approximate surface area is 74.5 Å². The highest BCUT2D eigenvalue weighted by molar-refractivity contribution is 4.99. The summed E-state index contributed by atoms with van der Waals surface area (Å²) in [6.07, 6.45) is 5.38. The lowest BCUT2D eigenvalue weighted by molar-refractivity contribution is 0.0895. The monoisotopic (exact) mass is 167 g/mol. The van der Waals surface area contributed by atoms with Gasteiger partial charge in [-0.1, -0.05) is 13.3 Å². The minimum atomic E-state index is 0.266. The molecule has 1 aliphatic carbocycles. The number of rotatable bonds is 6. The maximum absolute atomic E-state index is 8.54. The summed E-state index contributed by atoms with van der Waals surface area (Å²) in [4.78, 5) is 0. The van der Waals surface area contributed by atoms with Crippen LogP contribution >= 0.6 is 0 Å². The zero-order valence-electron chi connectivity index (χ0n) is 7.81. The standard InChI is InChI=1S/C10H17NO/c1-2-3-8-12-9-10(4-5-10)6-7-11/h2-6,8-9H2,1H3. The normalized spacial score (nSPS) is 18.7. The Hall–Kier alpha value is -0.550. The summed E-state index contributed by atoms with van der Waals surface area (Å²) in [5.74, 6) is 0. The molecule has 1 fully saturated rings. The lowest BCUT2D eigenvalue weighted by Crippen LogP contribution is -2.10. The van der Waals surface area contributed by atoms with Crippen LogP contribution in [0.1, 0.15) is 39.0 Å². The molecule has 0 saturated heterocycles. The van der Waals surface area contributed by atoms with Crippen molar-refractivity contribution in [3.05, 3.63) is 0 Å².